The minimum absolute atomic E-state index is 0.0436. The van der Waals surface area contributed by atoms with Crippen LogP contribution >= 0.6 is 63.7 Å². The summed E-state index contributed by atoms with van der Waals surface area (Å²) in [6.07, 6.45) is 0. The second-order valence-corrected chi connectivity index (χ2v) is 11.3. The molecule has 0 aromatic heterocycles. The smallest absolute Gasteiger partial charge is 0.238 e. The van der Waals surface area contributed by atoms with E-state index in [9.17, 15) is 9.59 Å². The molecule has 6 nitrogen and oxygen atoms in total. The number of anilines is 2. The highest BCUT2D eigenvalue weighted by Crippen LogP contribution is 2.31. The maximum atomic E-state index is 12.5. The van der Waals surface area contributed by atoms with Crippen LogP contribution in [0, 0.1) is 13.8 Å². The average Bonchev–Trinajstić information content (AvgIpc) is 2.69. The number of amides is 2. The van der Waals surface area contributed by atoms with Gasteiger partial charge in [0.25, 0.3) is 0 Å². The Balaban J connectivity index is 1.46. The van der Waals surface area contributed by atoms with Crippen molar-refractivity contribution in [1.82, 2.24) is 9.80 Å². The van der Waals surface area contributed by atoms with Crippen LogP contribution < -0.4 is 10.6 Å². The van der Waals surface area contributed by atoms with E-state index >= 15 is 0 Å². The van der Waals surface area contributed by atoms with Gasteiger partial charge in [0.1, 0.15) is 0 Å². The number of piperazine rings is 1. The summed E-state index contributed by atoms with van der Waals surface area (Å²) in [5.74, 6) is -0.0873. The number of halogens is 4. The Morgan fingerprint density at radius 3 is 1.38 bits per heavy atom. The van der Waals surface area contributed by atoms with Crippen LogP contribution in [0.3, 0.4) is 0 Å². The van der Waals surface area contributed by atoms with E-state index in [4.69, 9.17) is 0 Å². The van der Waals surface area contributed by atoms with E-state index in [1.165, 1.54) is 0 Å². The van der Waals surface area contributed by atoms with Gasteiger partial charge in [-0.05, 0) is 81.1 Å². The number of aryl methyl sites for hydroxylation is 2. The molecule has 2 aromatic rings. The number of hydrogen-bond donors (Lipinski definition) is 2. The van der Waals surface area contributed by atoms with Gasteiger partial charge < -0.3 is 10.6 Å². The van der Waals surface area contributed by atoms with Crippen molar-refractivity contribution in [3.05, 3.63) is 53.3 Å². The van der Waals surface area contributed by atoms with Crippen LogP contribution in [-0.2, 0) is 9.59 Å². The molecule has 172 valence electrons. The molecule has 1 aliphatic rings. The highest BCUT2D eigenvalue weighted by atomic mass is 79.9. The minimum atomic E-state index is -0.0436. The van der Waals surface area contributed by atoms with Crippen molar-refractivity contribution in [2.45, 2.75) is 13.8 Å². The van der Waals surface area contributed by atoms with Gasteiger partial charge in [-0.2, -0.15) is 0 Å². The van der Waals surface area contributed by atoms with Crippen LogP contribution in [0.1, 0.15) is 11.1 Å². The lowest BCUT2D eigenvalue weighted by atomic mass is 10.2. The van der Waals surface area contributed by atoms with Gasteiger partial charge in [-0.3, -0.25) is 19.4 Å². The molecular weight excluding hydrogens is 672 g/mol. The van der Waals surface area contributed by atoms with Crippen LogP contribution in [0.25, 0.3) is 0 Å². The molecule has 0 bridgehead atoms. The third-order valence-corrected chi connectivity index (χ3v) is 7.40. The first kappa shape index (κ1) is 25.8. The SMILES string of the molecule is Cc1cc(Br)cc(Br)c1NC(=O)CN1CCN(CC(=O)Nc2c(C)cc(Br)cc2Br)CC1. The molecule has 1 fully saturated rings. The highest BCUT2D eigenvalue weighted by molar-refractivity contribution is 9.11. The van der Waals surface area contributed by atoms with Crippen molar-refractivity contribution >= 4 is 86.9 Å². The molecule has 1 aliphatic heterocycles. The second-order valence-electron chi connectivity index (χ2n) is 7.81. The molecule has 3 rings (SSSR count). The molecule has 2 N–H and O–H groups in total. The Morgan fingerprint density at radius 1 is 0.719 bits per heavy atom. The number of carbonyl (C=O) groups is 2. The summed E-state index contributed by atoms with van der Waals surface area (Å²) < 4.78 is 3.62. The predicted octanol–water partition coefficient (Wildman–Crippen LogP) is 5.55. The van der Waals surface area contributed by atoms with E-state index < -0.39 is 0 Å². The van der Waals surface area contributed by atoms with Gasteiger partial charge in [0, 0.05) is 44.1 Å². The van der Waals surface area contributed by atoms with E-state index in [2.05, 4.69) is 84.2 Å². The Bertz CT molecular complexity index is 895. The maximum absolute atomic E-state index is 12.5. The fraction of sp³-hybridized carbons (Fsp3) is 0.364. The molecule has 1 saturated heterocycles. The summed E-state index contributed by atoms with van der Waals surface area (Å²) in [5.41, 5.74) is 3.57. The third kappa shape index (κ3) is 7.11. The summed E-state index contributed by atoms with van der Waals surface area (Å²) in [6, 6.07) is 7.78. The highest BCUT2D eigenvalue weighted by Gasteiger charge is 2.22. The first-order valence-electron chi connectivity index (χ1n) is 10.1. The van der Waals surface area contributed by atoms with Gasteiger partial charge in [-0.25, -0.2) is 0 Å². The van der Waals surface area contributed by atoms with E-state index in [1.807, 2.05) is 38.1 Å². The molecule has 0 atom stereocenters. The van der Waals surface area contributed by atoms with Crippen molar-refractivity contribution in [3.63, 3.8) is 0 Å². The van der Waals surface area contributed by atoms with Gasteiger partial charge in [-0.1, -0.05) is 31.9 Å². The molecule has 32 heavy (non-hydrogen) atoms. The Morgan fingerprint density at radius 2 is 1.06 bits per heavy atom. The summed E-state index contributed by atoms with van der Waals surface area (Å²) in [6.45, 7) is 7.53. The molecule has 10 heteroatoms. The van der Waals surface area contributed by atoms with E-state index in [0.717, 1.165) is 66.6 Å². The van der Waals surface area contributed by atoms with Crippen LogP contribution in [0.4, 0.5) is 11.4 Å². The number of carbonyl (C=O) groups excluding carboxylic acids is 2. The second kappa shape index (κ2) is 11.6. The first-order chi connectivity index (χ1) is 15.1. The zero-order chi connectivity index (χ0) is 23.4. The standard InChI is InChI=1S/C22H24Br4N4O2/c1-13-7-15(23)9-17(25)21(13)27-19(31)11-29-3-5-30(6-4-29)12-20(32)28-22-14(2)8-16(24)10-18(22)26/h7-10H,3-6,11-12H2,1-2H3,(H,27,31)(H,28,32). The van der Waals surface area contributed by atoms with E-state index in [-0.39, 0.29) is 11.8 Å². The molecule has 0 unspecified atom stereocenters. The predicted molar refractivity (Wildman–Crippen MR) is 143 cm³/mol. The number of nitrogens with zero attached hydrogens (tertiary/aromatic N) is 2. The largest absolute Gasteiger partial charge is 0.324 e. The van der Waals surface area contributed by atoms with Crippen molar-refractivity contribution in [1.29, 1.82) is 0 Å². The van der Waals surface area contributed by atoms with Crippen molar-refractivity contribution < 1.29 is 9.59 Å². The number of hydrogen-bond acceptors (Lipinski definition) is 4. The lowest BCUT2D eigenvalue weighted by Crippen LogP contribution is -2.50. The van der Waals surface area contributed by atoms with Crippen LogP contribution in [0.15, 0.2) is 42.2 Å². The molecule has 2 amide bonds. The van der Waals surface area contributed by atoms with Gasteiger partial charge in [0.05, 0.1) is 24.5 Å². The van der Waals surface area contributed by atoms with Gasteiger partial charge in [-0.15, -0.1) is 0 Å². The quantitative estimate of drug-likeness (QED) is 0.417. The molecule has 0 aliphatic carbocycles. The number of nitrogens with one attached hydrogen (secondary N) is 2. The summed E-state index contributed by atoms with van der Waals surface area (Å²) >= 11 is 13.9. The molecule has 0 spiro atoms. The summed E-state index contributed by atoms with van der Waals surface area (Å²) in [5, 5.41) is 6.01. The lowest BCUT2D eigenvalue weighted by molar-refractivity contribution is -0.120. The molecule has 0 saturated carbocycles. The first-order valence-corrected chi connectivity index (χ1v) is 13.3. The fourth-order valence-electron chi connectivity index (χ4n) is 3.59. The molecule has 0 radical (unpaired) electrons. The van der Waals surface area contributed by atoms with Crippen LogP contribution in [0.2, 0.25) is 0 Å². The summed E-state index contributed by atoms with van der Waals surface area (Å²) in [7, 11) is 0. The summed E-state index contributed by atoms with van der Waals surface area (Å²) in [4.78, 5) is 29.3. The monoisotopic (exact) mass is 692 g/mol. The molecule has 2 aromatic carbocycles. The van der Waals surface area contributed by atoms with E-state index in [1.54, 1.807) is 0 Å². The maximum Gasteiger partial charge on any atom is 0.238 e. The van der Waals surface area contributed by atoms with E-state index in [0.29, 0.717) is 13.1 Å². The fourth-order valence-corrected chi connectivity index (χ4v) is 6.67. The topological polar surface area (TPSA) is 64.7 Å². The van der Waals surface area contributed by atoms with Crippen molar-refractivity contribution in [3.8, 4) is 0 Å². The molecule has 1 heterocycles. The Kier molecular flexibility index (Phi) is 9.34. The normalized spacial score (nSPS) is 14.9. The van der Waals surface area contributed by atoms with Crippen LogP contribution in [0.5, 0.6) is 0 Å². The number of benzene rings is 2. The third-order valence-electron chi connectivity index (χ3n) is 5.23. The number of rotatable bonds is 6. The molecular formula is C22H24Br4N4O2. The Labute approximate surface area is 222 Å². The Hall–Kier alpha value is -0.780. The van der Waals surface area contributed by atoms with Gasteiger partial charge in [0.15, 0.2) is 0 Å². The van der Waals surface area contributed by atoms with Gasteiger partial charge in [0.2, 0.25) is 11.8 Å². The van der Waals surface area contributed by atoms with Crippen molar-refractivity contribution in [2.24, 2.45) is 0 Å². The van der Waals surface area contributed by atoms with Gasteiger partial charge >= 0.3 is 0 Å². The lowest BCUT2D eigenvalue weighted by Gasteiger charge is -2.33. The van der Waals surface area contributed by atoms with Crippen LogP contribution in [-0.4, -0.2) is 60.9 Å². The minimum Gasteiger partial charge on any atom is -0.324 e. The average molecular weight is 696 g/mol. The zero-order valence-corrected chi connectivity index (χ0v) is 24.1. The zero-order valence-electron chi connectivity index (χ0n) is 17.8. The van der Waals surface area contributed by atoms with Crippen molar-refractivity contribution in [2.75, 3.05) is 49.9 Å².